The molecule has 0 saturated carbocycles. The van der Waals surface area contributed by atoms with Crippen LogP contribution in [0.15, 0.2) is 30.6 Å². The Hall–Kier alpha value is -1.79. The van der Waals surface area contributed by atoms with E-state index in [1.165, 1.54) is 0 Å². The average molecular weight is 247 g/mol. The topological polar surface area (TPSA) is 75.9 Å². The third-order valence-corrected chi connectivity index (χ3v) is 2.98. The van der Waals surface area contributed by atoms with Crippen LogP contribution >= 0.6 is 0 Å². The number of aliphatic hydroxyl groups excluding tert-OH is 1. The number of rotatable bonds is 5. The largest absolute Gasteiger partial charge is 0.394 e. The number of nitrogens with zero attached hydrogens (tertiary/aromatic N) is 4. The molecule has 1 aromatic heterocycles. The van der Waals surface area contributed by atoms with E-state index < -0.39 is 5.54 Å². The molecule has 2 aromatic rings. The summed E-state index contributed by atoms with van der Waals surface area (Å²) < 4.78 is 1.59. The first-order chi connectivity index (χ1) is 8.69. The third kappa shape index (κ3) is 2.39. The highest BCUT2D eigenvalue weighted by molar-refractivity contribution is 5.37. The molecule has 0 spiro atoms. The van der Waals surface area contributed by atoms with E-state index >= 15 is 0 Å². The maximum absolute atomic E-state index is 9.58. The quantitative estimate of drug-likeness (QED) is 0.803. The summed E-state index contributed by atoms with van der Waals surface area (Å²) in [4.78, 5) is 0. The lowest BCUT2D eigenvalue weighted by molar-refractivity contribution is 0.177. The summed E-state index contributed by atoms with van der Waals surface area (Å²) in [6.45, 7) is 4.79. The predicted octanol–water partition coefficient (Wildman–Crippen LogP) is 0.479. The van der Waals surface area contributed by atoms with Crippen molar-refractivity contribution in [1.29, 1.82) is 0 Å². The van der Waals surface area contributed by atoms with E-state index in [4.69, 9.17) is 0 Å². The van der Waals surface area contributed by atoms with Crippen LogP contribution in [0.3, 0.4) is 0 Å². The standard InChI is InChI=1S/C12H17N5O/c1-3-13-12(2,8-18)10-5-4-6-11(7-10)17-9-14-15-16-17/h4-7,9,13,18H,3,8H2,1-2H3. The van der Waals surface area contributed by atoms with Gasteiger partial charge < -0.3 is 10.4 Å². The van der Waals surface area contributed by atoms with Gasteiger partial charge in [0.25, 0.3) is 0 Å². The second-order valence-electron chi connectivity index (χ2n) is 4.33. The Bertz CT molecular complexity index is 499. The highest BCUT2D eigenvalue weighted by Crippen LogP contribution is 2.22. The number of hydrogen-bond donors (Lipinski definition) is 2. The number of benzene rings is 1. The molecule has 0 saturated heterocycles. The number of nitrogens with one attached hydrogen (secondary N) is 1. The summed E-state index contributed by atoms with van der Waals surface area (Å²) in [5.74, 6) is 0. The van der Waals surface area contributed by atoms with Crippen LogP contribution in [0, 0.1) is 0 Å². The molecule has 1 aromatic carbocycles. The lowest BCUT2D eigenvalue weighted by Gasteiger charge is -2.29. The Labute approximate surface area is 106 Å². The molecule has 96 valence electrons. The molecule has 18 heavy (non-hydrogen) atoms. The van der Waals surface area contributed by atoms with Crippen LogP contribution in [0.5, 0.6) is 0 Å². The van der Waals surface area contributed by atoms with Crippen molar-refractivity contribution in [3.05, 3.63) is 36.2 Å². The van der Waals surface area contributed by atoms with Gasteiger partial charge in [0.15, 0.2) is 0 Å². The highest BCUT2D eigenvalue weighted by Gasteiger charge is 2.24. The summed E-state index contributed by atoms with van der Waals surface area (Å²) in [6, 6.07) is 7.79. The molecule has 6 heteroatoms. The molecule has 1 atom stereocenters. The van der Waals surface area contributed by atoms with Crippen LogP contribution < -0.4 is 5.32 Å². The summed E-state index contributed by atoms with van der Waals surface area (Å²) in [7, 11) is 0. The fraction of sp³-hybridized carbons (Fsp3) is 0.417. The zero-order valence-corrected chi connectivity index (χ0v) is 10.5. The van der Waals surface area contributed by atoms with Crippen LogP contribution in [0.25, 0.3) is 5.69 Å². The number of tetrazole rings is 1. The zero-order chi connectivity index (χ0) is 13.0. The molecule has 1 unspecified atom stereocenters. The number of aromatic nitrogens is 4. The van der Waals surface area contributed by atoms with Gasteiger partial charge in [0.1, 0.15) is 6.33 Å². The van der Waals surface area contributed by atoms with Crippen LogP contribution in [0.1, 0.15) is 19.4 Å². The van der Waals surface area contributed by atoms with E-state index in [2.05, 4.69) is 20.8 Å². The first-order valence-corrected chi connectivity index (χ1v) is 5.89. The second kappa shape index (κ2) is 5.24. The maximum atomic E-state index is 9.58. The van der Waals surface area contributed by atoms with E-state index in [1.54, 1.807) is 11.0 Å². The van der Waals surface area contributed by atoms with Gasteiger partial charge in [-0.1, -0.05) is 19.1 Å². The molecule has 2 N–H and O–H groups in total. The lowest BCUT2D eigenvalue weighted by atomic mass is 9.92. The Balaban J connectivity index is 2.37. The molecule has 0 fully saturated rings. The maximum Gasteiger partial charge on any atom is 0.143 e. The van der Waals surface area contributed by atoms with Crippen molar-refractivity contribution in [2.75, 3.05) is 13.2 Å². The number of likely N-dealkylation sites (N-methyl/N-ethyl adjacent to an activating group) is 1. The van der Waals surface area contributed by atoms with Crippen LogP contribution in [-0.4, -0.2) is 38.5 Å². The monoisotopic (exact) mass is 247 g/mol. The fourth-order valence-corrected chi connectivity index (χ4v) is 1.91. The average Bonchev–Trinajstić information content (AvgIpc) is 2.93. The summed E-state index contributed by atoms with van der Waals surface area (Å²) in [6.07, 6.45) is 1.54. The van der Waals surface area contributed by atoms with Crippen molar-refractivity contribution < 1.29 is 5.11 Å². The van der Waals surface area contributed by atoms with Crippen molar-refractivity contribution in [3.63, 3.8) is 0 Å². The van der Waals surface area contributed by atoms with Crippen molar-refractivity contribution in [1.82, 2.24) is 25.5 Å². The van der Waals surface area contributed by atoms with Gasteiger partial charge in [0, 0.05) is 0 Å². The summed E-state index contributed by atoms with van der Waals surface area (Å²) in [5, 5.41) is 24.0. The molecule has 6 nitrogen and oxygen atoms in total. The van der Waals surface area contributed by atoms with Gasteiger partial charge in [-0.3, -0.25) is 0 Å². The smallest absolute Gasteiger partial charge is 0.143 e. The third-order valence-electron chi connectivity index (χ3n) is 2.98. The van der Waals surface area contributed by atoms with Gasteiger partial charge in [-0.05, 0) is 41.6 Å². The van der Waals surface area contributed by atoms with E-state index in [0.717, 1.165) is 17.8 Å². The molecule has 0 bridgehead atoms. The van der Waals surface area contributed by atoms with Crippen molar-refractivity contribution in [2.45, 2.75) is 19.4 Å². The summed E-state index contributed by atoms with van der Waals surface area (Å²) in [5.41, 5.74) is 1.41. The van der Waals surface area contributed by atoms with Gasteiger partial charge in [-0.25, -0.2) is 4.68 Å². The lowest BCUT2D eigenvalue weighted by Crippen LogP contribution is -2.42. The Morgan fingerprint density at radius 1 is 1.44 bits per heavy atom. The van der Waals surface area contributed by atoms with Gasteiger partial charge in [-0.2, -0.15) is 0 Å². The molecule has 0 amide bonds. The first-order valence-electron chi connectivity index (χ1n) is 5.89. The fourth-order valence-electron chi connectivity index (χ4n) is 1.91. The van der Waals surface area contributed by atoms with Gasteiger partial charge in [0.05, 0.1) is 17.8 Å². The Morgan fingerprint density at radius 2 is 2.28 bits per heavy atom. The molecule has 0 aliphatic rings. The van der Waals surface area contributed by atoms with E-state index in [-0.39, 0.29) is 6.61 Å². The zero-order valence-electron chi connectivity index (χ0n) is 10.5. The highest BCUT2D eigenvalue weighted by atomic mass is 16.3. The van der Waals surface area contributed by atoms with Crippen LogP contribution in [0.2, 0.25) is 0 Å². The van der Waals surface area contributed by atoms with Crippen LogP contribution in [0.4, 0.5) is 0 Å². The van der Waals surface area contributed by atoms with Gasteiger partial charge in [0.2, 0.25) is 0 Å². The molecular weight excluding hydrogens is 230 g/mol. The summed E-state index contributed by atoms with van der Waals surface area (Å²) >= 11 is 0. The van der Waals surface area contributed by atoms with Crippen molar-refractivity contribution in [3.8, 4) is 5.69 Å². The molecule has 0 aliphatic heterocycles. The first kappa shape index (κ1) is 12.7. The second-order valence-corrected chi connectivity index (χ2v) is 4.33. The van der Waals surface area contributed by atoms with E-state index in [0.29, 0.717) is 0 Å². The molecule has 1 heterocycles. The minimum atomic E-state index is -0.460. The predicted molar refractivity (Wildman–Crippen MR) is 67.3 cm³/mol. The van der Waals surface area contributed by atoms with E-state index in [9.17, 15) is 5.11 Å². The number of aliphatic hydroxyl groups is 1. The SMILES string of the molecule is CCNC(C)(CO)c1cccc(-n2cnnn2)c1. The molecule has 0 radical (unpaired) electrons. The van der Waals surface area contributed by atoms with Crippen LogP contribution in [-0.2, 0) is 5.54 Å². The molecule has 0 aliphatic carbocycles. The Kier molecular flexibility index (Phi) is 3.69. The van der Waals surface area contributed by atoms with Crippen molar-refractivity contribution >= 4 is 0 Å². The minimum absolute atomic E-state index is 0.0277. The van der Waals surface area contributed by atoms with Gasteiger partial charge >= 0.3 is 0 Å². The Morgan fingerprint density at radius 3 is 2.89 bits per heavy atom. The van der Waals surface area contributed by atoms with Gasteiger partial charge in [-0.15, -0.1) is 5.10 Å². The van der Waals surface area contributed by atoms with Crippen molar-refractivity contribution in [2.24, 2.45) is 0 Å². The molecule has 2 rings (SSSR count). The minimum Gasteiger partial charge on any atom is -0.394 e. The normalized spacial score (nSPS) is 14.4. The molecular formula is C12H17N5O. The van der Waals surface area contributed by atoms with E-state index in [1.807, 2.05) is 38.1 Å². The number of hydrogen-bond acceptors (Lipinski definition) is 5.